The summed E-state index contributed by atoms with van der Waals surface area (Å²) in [7, 11) is 0. The van der Waals surface area contributed by atoms with Gasteiger partial charge in [0, 0.05) is 11.1 Å². The molecule has 4 aromatic rings. The fraction of sp³-hybridized carbons (Fsp3) is 0.241. The molecule has 0 bridgehead atoms. The highest BCUT2D eigenvalue weighted by molar-refractivity contribution is 6.00. The van der Waals surface area contributed by atoms with Crippen molar-refractivity contribution < 1.29 is 23.8 Å². The van der Waals surface area contributed by atoms with Crippen LogP contribution in [0.3, 0.4) is 0 Å². The second-order valence-corrected chi connectivity index (χ2v) is 8.99. The van der Waals surface area contributed by atoms with Crippen molar-refractivity contribution >= 4 is 5.91 Å². The van der Waals surface area contributed by atoms with E-state index in [0.717, 1.165) is 16.7 Å². The molecule has 2 aromatic carbocycles. The van der Waals surface area contributed by atoms with E-state index in [0.29, 0.717) is 53.0 Å². The van der Waals surface area contributed by atoms with E-state index in [4.69, 9.17) is 13.9 Å². The molecule has 0 fully saturated rings. The van der Waals surface area contributed by atoms with E-state index in [9.17, 15) is 9.90 Å². The van der Waals surface area contributed by atoms with Crippen LogP contribution in [0.1, 0.15) is 51.5 Å². The molecule has 0 unspecified atom stereocenters. The molecule has 1 amide bonds. The Morgan fingerprint density at radius 3 is 2.73 bits per heavy atom. The number of carbonyl (C=O) groups excluding carboxylic acids is 1. The standard InChI is InChI=1S/C29H29N3O5/c1-5-11-37-22-10-9-19(15-23(22)35-6-2)28-25-26(24-18(4)13-17(3)14-21(24)33)30-31-27(25)29(34)32(28)16-20-8-7-12-36-20/h5,7-10,12-15,28,33H,1,6,11,16H2,2-4H3,(H,30,31)/t28-/m0/s1. The molecule has 0 radical (unpaired) electrons. The maximum absolute atomic E-state index is 13.7. The Bertz CT molecular complexity index is 1430. The second-order valence-electron chi connectivity index (χ2n) is 8.99. The Hall–Kier alpha value is -4.46. The maximum atomic E-state index is 13.7. The predicted molar refractivity (Wildman–Crippen MR) is 139 cm³/mol. The summed E-state index contributed by atoms with van der Waals surface area (Å²) in [6.07, 6.45) is 3.26. The Morgan fingerprint density at radius 2 is 2.03 bits per heavy atom. The lowest BCUT2D eigenvalue weighted by molar-refractivity contribution is 0.0716. The van der Waals surface area contributed by atoms with Crippen LogP contribution < -0.4 is 9.47 Å². The Morgan fingerprint density at radius 1 is 1.19 bits per heavy atom. The number of fused-ring (bicyclic) bond motifs is 1. The minimum absolute atomic E-state index is 0.116. The monoisotopic (exact) mass is 499 g/mol. The van der Waals surface area contributed by atoms with Gasteiger partial charge in [-0.2, -0.15) is 5.10 Å². The van der Waals surface area contributed by atoms with Crippen molar-refractivity contribution in [3.05, 3.63) is 95.1 Å². The number of nitrogens with one attached hydrogen (secondary N) is 1. The molecule has 8 heteroatoms. The lowest BCUT2D eigenvalue weighted by Crippen LogP contribution is -2.29. The average Bonchev–Trinajstić information content (AvgIpc) is 3.58. The molecule has 1 aliphatic heterocycles. The van der Waals surface area contributed by atoms with E-state index < -0.39 is 6.04 Å². The van der Waals surface area contributed by atoms with Crippen LogP contribution in [0.2, 0.25) is 0 Å². The third kappa shape index (κ3) is 4.35. The van der Waals surface area contributed by atoms with Gasteiger partial charge >= 0.3 is 0 Å². The number of phenolic OH excluding ortho intramolecular Hbond substituents is 1. The van der Waals surface area contributed by atoms with Crippen LogP contribution in [0, 0.1) is 13.8 Å². The van der Waals surface area contributed by atoms with Crippen LogP contribution in [0.25, 0.3) is 11.3 Å². The predicted octanol–water partition coefficient (Wildman–Crippen LogP) is 5.70. The Labute approximate surface area is 215 Å². The maximum Gasteiger partial charge on any atom is 0.273 e. The third-order valence-corrected chi connectivity index (χ3v) is 6.41. The van der Waals surface area contributed by atoms with Gasteiger partial charge in [-0.1, -0.05) is 24.8 Å². The van der Waals surface area contributed by atoms with E-state index in [1.807, 2.05) is 51.1 Å². The molecule has 0 saturated heterocycles. The van der Waals surface area contributed by atoms with Crippen molar-refractivity contribution in [1.82, 2.24) is 15.1 Å². The van der Waals surface area contributed by atoms with Crippen LogP contribution in [0.5, 0.6) is 17.2 Å². The fourth-order valence-electron chi connectivity index (χ4n) is 4.95. The zero-order valence-electron chi connectivity index (χ0n) is 21.1. The molecule has 2 N–H and O–H groups in total. The first kappa shape index (κ1) is 24.2. The molecule has 1 aliphatic rings. The third-order valence-electron chi connectivity index (χ3n) is 6.41. The van der Waals surface area contributed by atoms with Gasteiger partial charge in [0.1, 0.15) is 29.5 Å². The number of nitrogens with zero attached hydrogens (tertiary/aromatic N) is 2. The molecule has 3 heterocycles. The number of aryl methyl sites for hydroxylation is 2. The van der Waals surface area contributed by atoms with Crippen LogP contribution in [-0.4, -0.2) is 39.3 Å². The van der Waals surface area contributed by atoms with E-state index in [1.165, 1.54) is 0 Å². The molecule has 5 rings (SSSR count). The normalized spacial score (nSPS) is 14.6. The number of aromatic hydroxyl groups is 1. The Balaban J connectivity index is 1.68. The zero-order valence-corrected chi connectivity index (χ0v) is 21.1. The van der Waals surface area contributed by atoms with Gasteiger partial charge in [-0.25, -0.2) is 0 Å². The van der Waals surface area contributed by atoms with Gasteiger partial charge in [-0.05, 0) is 67.8 Å². The highest BCUT2D eigenvalue weighted by Gasteiger charge is 2.43. The smallest absolute Gasteiger partial charge is 0.273 e. The number of ether oxygens (including phenoxy) is 2. The summed E-state index contributed by atoms with van der Waals surface area (Å²) in [5.41, 5.74) is 4.84. The number of furan rings is 1. The molecule has 190 valence electrons. The van der Waals surface area contributed by atoms with Crippen molar-refractivity contribution in [2.24, 2.45) is 0 Å². The number of aromatic amines is 1. The van der Waals surface area contributed by atoms with Gasteiger partial charge in [0.25, 0.3) is 5.91 Å². The Kier molecular flexibility index (Phi) is 6.48. The lowest BCUT2D eigenvalue weighted by atomic mass is 9.93. The number of phenols is 1. The van der Waals surface area contributed by atoms with E-state index in [-0.39, 0.29) is 18.2 Å². The number of amides is 1. The summed E-state index contributed by atoms with van der Waals surface area (Å²) in [5.74, 6) is 1.73. The number of carbonyl (C=O) groups is 1. The number of hydrogen-bond acceptors (Lipinski definition) is 6. The van der Waals surface area contributed by atoms with Gasteiger partial charge in [-0.3, -0.25) is 9.89 Å². The molecule has 37 heavy (non-hydrogen) atoms. The van der Waals surface area contributed by atoms with Crippen LogP contribution in [0.4, 0.5) is 0 Å². The number of rotatable bonds is 9. The van der Waals surface area contributed by atoms with Gasteiger partial charge in [-0.15, -0.1) is 0 Å². The van der Waals surface area contributed by atoms with Gasteiger partial charge < -0.3 is 23.9 Å². The summed E-state index contributed by atoms with van der Waals surface area (Å²) < 4.78 is 17.3. The first-order valence-electron chi connectivity index (χ1n) is 12.2. The molecule has 0 aliphatic carbocycles. The molecular weight excluding hydrogens is 470 g/mol. The van der Waals surface area contributed by atoms with Crippen molar-refractivity contribution in [3.63, 3.8) is 0 Å². The van der Waals surface area contributed by atoms with Gasteiger partial charge in [0.15, 0.2) is 11.5 Å². The van der Waals surface area contributed by atoms with Crippen molar-refractivity contribution in [2.45, 2.75) is 33.4 Å². The van der Waals surface area contributed by atoms with Gasteiger partial charge in [0.2, 0.25) is 0 Å². The number of H-pyrrole nitrogens is 1. The number of aromatic nitrogens is 2. The molecule has 0 spiro atoms. The minimum atomic E-state index is -0.505. The van der Waals surface area contributed by atoms with E-state index >= 15 is 0 Å². The summed E-state index contributed by atoms with van der Waals surface area (Å²) in [6, 6.07) is 12.5. The molecular formula is C29H29N3O5. The van der Waals surface area contributed by atoms with Crippen LogP contribution in [0.15, 0.2) is 65.8 Å². The average molecular weight is 500 g/mol. The van der Waals surface area contributed by atoms with Crippen molar-refractivity contribution in [3.8, 4) is 28.5 Å². The van der Waals surface area contributed by atoms with E-state index in [1.54, 1.807) is 29.4 Å². The van der Waals surface area contributed by atoms with E-state index in [2.05, 4.69) is 16.8 Å². The SMILES string of the molecule is C=CCOc1ccc([C@H]2c3c(-c4c(C)cc(C)cc4O)n[nH]c3C(=O)N2Cc2ccco2)cc1OCC. The minimum Gasteiger partial charge on any atom is -0.507 e. The topological polar surface area (TPSA) is 101 Å². The summed E-state index contributed by atoms with van der Waals surface area (Å²) in [6.45, 7) is 10.5. The van der Waals surface area contributed by atoms with Crippen molar-refractivity contribution in [1.29, 1.82) is 0 Å². The van der Waals surface area contributed by atoms with Crippen molar-refractivity contribution in [2.75, 3.05) is 13.2 Å². The quantitative estimate of drug-likeness (QED) is 0.287. The summed E-state index contributed by atoms with van der Waals surface area (Å²) >= 11 is 0. The number of hydrogen-bond donors (Lipinski definition) is 2. The second kappa shape index (κ2) is 9.89. The van der Waals surface area contributed by atoms with Crippen LogP contribution in [-0.2, 0) is 6.54 Å². The number of benzene rings is 2. The highest BCUT2D eigenvalue weighted by atomic mass is 16.5. The summed E-state index contributed by atoms with van der Waals surface area (Å²) in [4.78, 5) is 15.4. The zero-order chi connectivity index (χ0) is 26.1. The largest absolute Gasteiger partial charge is 0.507 e. The van der Waals surface area contributed by atoms with Gasteiger partial charge in [0.05, 0.1) is 25.5 Å². The highest BCUT2D eigenvalue weighted by Crippen LogP contribution is 2.47. The first-order chi connectivity index (χ1) is 17.9. The molecule has 2 aromatic heterocycles. The first-order valence-corrected chi connectivity index (χ1v) is 12.2. The summed E-state index contributed by atoms with van der Waals surface area (Å²) in [5, 5.41) is 18.3. The van der Waals surface area contributed by atoms with Crippen LogP contribution >= 0.6 is 0 Å². The molecule has 1 atom stereocenters. The fourth-order valence-corrected chi connectivity index (χ4v) is 4.95. The molecule has 0 saturated carbocycles. The lowest BCUT2D eigenvalue weighted by Gasteiger charge is -2.26. The molecule has 8 nitrogen and oxygen atoms in total.